The molecule has 0 saturated carbocycles. The van der Waals surface area contributed by atoms with Crippen molar-refractivity contribution in [2.75, 3.05) is 6.54 Å². The number of amides is 1. The monoisotopic (exact) mass is 181 g/mol. The maximum atomic E-state index is 11.3. The summed E-state index contributed by atoms with van der Waals surface area (Å²) in [5.74, 6) is 0.382. The van der Waals surface area contributed by atoms with Gasteiger partial charge in [-0.25, -0.2) is 0 Å². The predicted octanol–water partition coefficient (Wildman–Crippen LogP) is 2.19. The summed E-state index contributed by atoms with van der Waals surface area (Å²) in [5, 5.41) is 0. The first kappa shape index (κ1) is 9.04. The number of rotatable bonds is 2. The van der Waals surface area contributed by atoms with Gasteiger partial charge in [-0.2, -0.15) is 0 Å². The Hall–Kier alpha value is -0.530. The maximum absolute atomic E-state index is 11.3. The minimum atomic E-state index is 0.382. The van der Waals surface area contributed by atoms with Crippen LogP contribution in [-0.2, 0) is 4.79 Å². The average molecular weight is 181 g/mol. The molecule has 0 radical (unpaired) electrons. The molecule has 0 spiro atoms. The van der Waals surface area contributed by atoms with Gasteiger partial charge >= 0.3 is 0 Å². The van der Waals surface area contributed by atoms with Gasteiger partial charge in [-0.15, -0.1) is 0 Å². The van der Waals surface area contributed by atoms with Gasteiger partial charge in [-0.05, 0) is 24.7 Å². The van der Waals surface area contributed by atoms with Crippen molar-refractivity contribution in [3.8, 4) is 0 Å². The van der Waals surface area contributed by atoms with Crippen molar-refractivity contribution in [3.63, 3.8) is 0 Å². The van der Waals surface area contributed by atoms with Crippen molar-refractivity contribution < 1.29 is 4.79 Å². The Bertz CT molecular complexity index is 222. The molecule has 74 valence electrons. The van der Waals surface area contributed by atoms with E-state index in [-0.39, 0.29) is 0 Å². The third-order valence-electron chi connectivity index (χ3n) is 3.84. The maximum Gasteiger partial charge on any atom is 0.224 e. The van der Waals surface area contributed by atoms with Gasteiger partial charge in [0.2, 0.25) is 5.91 Å². The molecule has 0 aromatic carbocycles. The molecule has 2 rings (SSSR count). The Labute approximate surface area is 80.3 Å². The van der Waals surface area contributed by atoms with E-state index in [2.05, 4.69) is 18.7 Å². The number of hydrogen-bond donors (Lipinski definition) is 0. The fourth-order valence-corrected chi connectivity index (χ4v) is 3.04. The molecule has 13 heavy (non-hydrogen) atoms. The van der Waals surface area contributed by atoms with Crippen LogP contribution in [0.15, 0.2) is 0 Å². The highest BCUT2D eigenvalue weighted by Gasteiger charge is 2.49. The molecule has 2 heterocycles. The van der Waals surface area contributed by atoms with Crippen LogP contribution in [0.2, 0.25) is 0 Å². The van der Waals surface area contributed by atoms with Crippen LogP contribution in [0.25, 0.3) is 0 Å². The number of nitrogens with zero attached hydrogens (tertiary/aromatic N) is 1. The molecule has 1 amide bonds. The van der Waals surface area contributed by atoms with Crippen LogP contribution in [0.3, 0.4) is 0 Å². The molecule has 2 saturated heterocycles. The molecule has 0 aromatic heterocycles. The minimum absolute atomic E-state index is 0.382. The lowest BCUT2D eigenvalue weighted by Crippen LogP contribution is -2.62. The van der Waals surface area contributed by atoms with Crippen molar-refractivity contribution in [2.45, 2.75) is 52.0 Å². The van der Waals surface area contributed by atoms with Crippen molar-refractivity contribution in [2.24, 2.45) is 5.41 Å². The average Bonchev–Trinajstić information content (AvgIpc) is 2.08. The number of hydrogen-bond acceptors (Lipinski definition) is 1. The van der Waals surface area contributed by atoms with Gasteiger partial charge in [0.15, 0.2) is 0 Å². The van der Waals surface area contributed by atoms with Crippen LogP contribution >= 0.6 is 0 Å². The molecule has 2 aliphatic heterocycles. The Morgan fingerprint density at radius 2 is 2.38 bits per heavy atom. The summed E-state index contributed by atoms with van der Waals surface area (Å²) in [5.41, 5.74) is 0.431. The second-order valence-corrected chi connectivity index (χ2v) is 4.81. The summed E-state index contributed by atoms with van der Waals surface area (Å²) < 4.78 is 0. The largest absolute Gasteiger partial charge is 0.339 e. The second-order valence-electron chi connectivity index (χ2n) is 4.81. The molecule has 2 aliphatic rings. The van der Waals surface area contributed by atoms with E-state index in [1.807, 2.05) is 0 Å². The fourth-order valence-electron chi connectivity index (χ4n) is 3.04. The van der Waals surface area contributed by atoms with Gasteiger partial charge in [-0.3, -0.25) is 4.79 Å². The zero-order valence-corrected chi connectivity index (χ0v) is 8.68. The highest BCUT2D eigenvalue weighted by Crippen LogP contribution is 2.45. The van der Waals surface area contributed by atoms with Crippen LogP contribution in [0.4, 0.5) is 0 Å². The van der Waals surface area contributed by atoms with E-state index in [0.717, 1.165) is 13.0 Å². The summed E-state index contributed by atoms with van der Waals surface area (Å²) in [6, 6.07) is 0.577. The van der Waals surface area contributed by atoms with Crippen molar-refractivity contribution in [1.82, 2.24) is 4.90 Å². The zero-order chi connectivity index (χ0) is 9.47. The predicted molar refractivity (Wildman–Crippen MR) is 52.4 cm³/mol. The summed E-state index contributed by atoms with van der Waals surface area (Å²) >= 11 is 0. The van der Waals surface area contributed by atoms with Crippen LogP contribution in [0.5, 0.6) is 0 Å². The summed E-state index contributed by atoms with van der Waals surface area (Å²) in [6.07, 6.45) is 5.86. The van der Waals surface area contributed by atoms with Gasteiger partial charge < -0.3 is 4.90 Å². The standard InChI is InChI=1S/C11H19NO/c1-3-5-11(2)6-4-7-12-9(11)8-10(12)13/h9H,3-8H2,1-2H3. The highest BCUT2D eigenvalue weighted by molar-refractivity contribution is 5.83. The number of fused-ring (bicyclic) bond motifs is 1. The Morgan fingerprint density at radius 1 is 1.62 bits per heavy atom. The van der Waals surface area contributed by atoms with Gasteiger partial charge in [-0.1, -0.05) is 20.3 Å². The lowest BCUT2D eigenvalue weighted by molar-refractivity contribution is -0.158. The third-order valence-corrected chi connectivity index (χ3v) is 3.84. The van der Waals surface area contributed by atoms with E-state index in [1.165, 1.54) is 25.7 Å². The molecule has 2 unspecified atom stereocenters. The van der Waals surface area contributed by atoms with E-state index < -0.39 is 0 Å². The lowest BCUT2D eigenvalue weighted by atomic mass is 9.67. The van der Waals surface area contributed by atoms with Crippen molar-refractivity contribution in [3.05, 3.63) is 0 Å². The van der Waals surface area contributed by atoms with Crippen LogP contribution in [0, 0.1) is 5.41 Å². The first-order chi connectivity index (χ1) is 6.17. The minimum Gasteiger partial charge on any atom is -0.339 e. The van der Waals surface area contributed by atoms with Crippen LogP contribution < -0.4 is 0 Å². The summed E-state index contributed by atoms with van der Waals surface area (Å²) in [7, 11) is 0. The molecule has 0 aliphatic carbocycles. The lowest BCUT2D eigenvalue weighted by Gasteiger charge is -2.54. The Kier molecular flexibility index (Phi) is 2.09. The highest BCUT2D eigenvalue weighted by atomic mass is 16.2. The number of β-lactam (4-membered cyclic amide) rings is 1. The zero-order valence-electron chi connectivity index (χ0n) is 8.68. The van der Waals surface area contributed by atoms with Gasteiger partial charge in [0.1, 0.15) is 0 Å². The van der Waals surface area contributed by atoms with E-state index in [0.29, 0.717) is 17.4 Å². The van der Waals surface area contributed by atoms with E-state index in [4.69, 9.17) is 0 Å². The molecule has 2 heteroatoms. The third kappa shape index (κ3) is 1.27. The van der Waals surface area contributed by atoms with Gasteiger partial charge in [0.25, 0.3) is 0 Å². The molecule has 2 atom stereocenters. The first-order valence-corrected chi connectivity index (χ1v) is 5.47. The topological polar surface area (TPSA) is 20.3 Å². The molecular weight excluding hydrogens is 162 g/mol. The molecular formula is C11H19NO. The van der Waals surface area contributed by atoms with E-state index >= 15 is 0 Å². The molecule has 0 aromatic rings. The van der Waals surface area contributed by atoms with Crippen LogP contribution in [-0.4, -0.2) is 23.4 Å². The van der Waals surface area contributed by atoms with Crippen LogP contribution in [0.1, 0.15) is 46.0 Å². The van der Waals surface area contributed by atoms with Gasteiger partial charge in [0, 0.05) is 19.0 Å². The summed E-state index contributed by atoms with van der Waals surface area (Å²) in [4.78, 5) is 13.4. The van der Waals surface area contributed by atoms with Gasteiger partial charge in [0.05, 0.1) is 0 Å². The SMILES string of the molecule is CCCC1(C)CCCN2C(=O)CC21. The first-order valence-electron chi connectivity index (χ1n) is 5.47. The van der Waals surface area contributed by atoms with Crippen molar-refractivity contribution >= 4 is 5.91 Å². The second kappa shape index (κ2) is 3.00. The molecule has 0 N–H and O–H groups in total. The Morgan fingerprint density at radius 3 is 3.00 bits per heavy atom. The number of carbonyl (C=O) groups is 1. The van der Waals surface area contributed by atoms with E-state index in [9.17, 15) is 4.79 Å². The fraction of sp³-hybridized carbons (Fsp3) is 0.909. The Balaban J connectivity index is 2.08. The number of carbonyl (C=O) groups excluding carboxylic acids is 1. The molecule has 0 bridgehead atoms. The number of piperidine rings is 1. The summed E-state index contributed by atoms with van der Waals surface area (Å²) in [6.45, 7) is 5.62. The normalized spacial score (nSPS) is 38.5. The van der Waals surface area contributed by atoms with E-state index in [1.54, 1.807) is 0 Å². The quantitative estimate of drug-likeness (QED) is 0.598. The molecule has 2 nitrogen and oxygen atoms in total. The smallest absolute Gasteiger partial charge is 0.224 e. The molecule has 2 fully saturated rings. The van der Waals surface area contributed by atoms with Crippen molar-refractivity contribution in [1.29, 1.82) is 0 Å².